The molecule has 0 amide bonds. The standard InChI is InChI=1S/2C2H5NO2.As.40O.12W/c2*3-1-2(4)5;;;;;;;;;;;;;;;;;;;;;;;;;;;;;;;;;;;;;;;;;;;;;;;;;;;;;/h2*1,3H2,(H,4,5);;;;;;;;;;;;;;;;;;;;;;;;;;;;;;;;;;;;;;;;;;;;;;;;;;;;;/q;;+5;40*-2;;;;;;;;;;;;/p+1. The van der Waals surface area contributed by atoms with E-state index in [1.165, 1.54) is 0 Å². The maximum atomic E-state index is 9.24. The van der Waals surface area contributed by atoms with E-state index in [1.807, 2.05) is 0 Å². The predicted molar refractivity (Wildman–Crippen MR) is 67.7 cm³/mol. The summed E-state index contributed by atoms with van der Waals surface area (Å²) in [7, 11) is 0. The van der Waals surface area contributed by atoms with E-state index in [4.69, 9.17) is 10.2 Å². The molecule has 0 aromatic rings. The molecule has 0 atom stereocenters. The van der Waals surface area contributed by atoms with E-state index in [0.29, 0.717) is 0 Å². The molecule has 0 fully saturated rings. The third kappa shape index (κ3) is 2930. The first-order valence-electron chi connectivity index (χ1n) is 2.38. The van der Waals surface area contributed by atoms with Gasteiger partial charge in [0.25, 0.3) is 0 Å². The smallest absolute Gasteiger partial charge is 2.00 e. The minimum Gasteiger partial charge on any atom is -2.00 e. The van der Waals surface area contributed by atoms with Crippen molar-refractivity contribution in [1.82, 2.24) is 0 Å². The molecule has 6 N–H and O–H groups in total. The number of carbonyl (C=O) groups is 2. The molecule has 0 aliphatic rings. The quantitative estimate of drug-likeness (QED) is 0.195. The summed E-state index contributed by atoms with van der Waals surface area (Å²) < 4.78 is 0. The van der Waals surface area contributed by atoms with Crippen molar-refractivity contribution in [3.63, 3.8) is 0 Å². The first-order valence-corrected chi connectivity index (χ1v) is 2.38. The Balaban J connectivity index is -0.000000000201. The van der Waals surface area contributed by atoms with Crippen molar-refractivity contribution in [2.45, 2.75) is 0 Å². The molecule has 0 aromatic heterocycles. The van der Waals surface area contributed by atoms with Crippen LogP contribution in [0, 0.1) is 0 Å². The van der Waals surface area contributed by atoms with Gasteiger partial charge in [0, 0.05) is 253 Å². The van der Waals surface area contributed by atoms with Crippen LogP contribution in [0.4, 0.5) is 0 Å². The number of rotatable bonds is 2. The molecule has 0 aliphatic carbocycles. The molecule has 452 valence electrons. The van der Waals surface area contributed by atoms with Crippen molar-refractivity contribution in [2.75, 3.05) is 13.1 Å². The topological polar surface area (TPSA) is 1270 Å². The van der Waals surface area contributed by atoms with Crippen molar-refractivity contribution in [1.29, 1.82) is 0 Å². The first-order chi connectivity index (χ1) is 4.54. The molecule has 0 rings (SSSR count). The Hall–Kier alpha value is 6.08. The van der Waals surface area contributed by atoms with Gasteiger partial charge in [-0.05, 0) is 0 Å². The van der Waals surface area contributed by atoms with Crippen LogP contribution in [0.15, 0.2) is 0 Å². The van der Waals surface area contributed by atoms with E-state index in [-0.39, 0.29) is 504 Å². The Labute approximate surface area is 540 Å². The Morgan fingerprint density at radius 3 is 0.238 bits per heavy atom. The minimum atomic E-state index is -0.968. The first kappa shape index (κ1) is 1620. The third-order valence-electron chi connectivity index (χ3n) is 0.349. The molecule has 0 bridgehead atoms. The number of hydrogen-bond donors (Lipinski definition) is 4. The van der Waals surface area contributed by atoms with Crippen LogP contribution >= 0.6 is 0 Å². The van der Waals surface area contributed by atoms with E-state index in [9.17, 15) is 9.59 Å². The fourth-order valence-electron chi connectivity index (χ4n) is 0. The van der Waals surface area contributed by atoms with E-state index in [1.54, 1.807) is 0 Å². The Morgan fingerprint density at radius 2 is 0.238 bits per heavy atom. The summed E-state index contributed by atoms with van der Waals surface area (Å²) in [6.07, 6.45) is 0. The summed E-state index contributed by atoms with van der Waals surface area (Å²) >= 11 is 0. The van der Waals surface area contributed by atoms with Crippen LogP contribution in [0.1, 0.15) is 1.43 Å². The van der Waals surface area contributed by atoms with Crippen molar-refractivity contribution in [2.24, 2.45) is 11.5 Å². The third-order valence-corrected chi connectivity index (χ3v) is 0.349. The molecular formula is C4H11AsN2O44W12-74. The molecule has 0 aromatic carbocycles. The largest absolute Gasteiger partial charge is 5.00 e. The van der Waals surface area contributed by atoms with Crippen LogP contribution in [0.5, 0.6) is 0 Å². The van der Waals surface area contributed by atoms with Gasteiger partial charge in [0.05, 0.1) is 13.1 Å². The van der Waals surface area contributed by atoms with Gasteiger partial charge in [-0.2, -0.15) is 0 Å². The van der Waals surface area contributed by atoms with Gasteiger partial charge in [-0.25, -0.2) is 0 Å². The molecule has 0 saturated heterocycles. The summed E-state index contributed by atoms with van der Waals surface area (Å²) in [6, 6.07) is 0. The van der Waals surface area contributed by atoms with E-state index in [2.05, 4.69) is 11.5 Å². The van der Waals surface area contributed by atoms with E-state index >= 15 is 0 Å². The minimum absolute atomic E-state index is 0. The predicted octanol–water partition coefficient (Wildman–Crippen LogP) is -6.99. The molecule has 0 aliphatic heterocycles. The summed E-state index contributed by atoms with van der Waals surface area (Å²) in [5.74, 6) is -1.94. The Morgan fingerprint density at radius 1 is 0.222 bits per heavy atom. The van der Waals surface area contributed by atoms with Crippen LogP contribution in [-0.2, 0) is 481 Å². The second-order valence-electron chi connectivity index (χ2n) is 1.20. The average molecular weight is 3070 g/mol. The van der Waals surface area contributed by atoms with Gasteiger partial charge in [0.1, 0.15) is 0 Å². The van der Waals surface area contributed by atoms with Crippen molar-refractivity contribution >= 4 is 29.9 Å². The fourth-order valence-corrected chi connectivity index (χ4v) is 0. The van der Waals surface area contributed by atoms with Gasteiger partial charge in [-0.3, -0.25) is 9.59 Å². The number of aliphatic carboxylic acids is 2. The molecule has 46 nitrogen and oxygen atoms in total. The number of carboxylic acid groups (broad SMARTS) is 2. The Kier molecular flexibility index (Phi) is 39600. The molecule has 0 heterocycles. The monoisotopic (exact) mass is 3070 g/mol. The van der Waals surface area contributed by atoms with Gasteiger partial charge < -0.3 is 241 Å². The summed E-state index contributed by atoms with van der Waals surface area (Å²) in [4.78, 5) is 18.5. The second-order valence-corrected chi connectivity index (χ2v) is 1.20. The van der Waals surface area contributed by atoms with Gasteiger partial charge in [-0.1, -0.05) is 0 Å². The zero-order chi connectivity index (χ0) is 8.57. The van der Waals surface area contributed by atoms with Crippen molar-refractivity contribution in [3.05, 3.63) is 0 Å². The number of nitrogens with two attached hydrogens (primary N) is 2. The van der Waals surface area contributed by atoms with Crippen LogP contribution < -0.4 is 11.5 Å². The van der Waals surface area contributed by atoms with E-state index < -0.39 is 11.9 Å². The average Bonchev–Trinajstić information content (AvgIpc) is 1.89. The molecule has 59 heteroatoms. The molecule has 63 heavy (non-hydrogen) atoms. The molecule has 0 saturated carbocycles. The molecule has 0 unspecified atom stereocenters. The number of carboxylic acids is 2. The normalized spacial score (nSPS) is 1.17. The van der Waals surface area contributed by atoms with Crippen LogP contribution in [0.2, 0.25) is 0 Å². The number of hydrogen-bond acceptors (Lipinski definition) is 4. The molecule has 0 spiro atoms. The van der Waals surface area contributed by atoms with Crippen molar-refractivity contribution < 1.29 is 493 Å². The van der Waals surface area contributed by atoms with Gasteiger partial charge in [-0.15, -0.1) is 0 Å². The maximum Gasteiger partial charge on any atom is 5.00 e. The van der Waals surface area contributed by atoms with Gasteiger partial charge in [0.2, 0.25) is 0 Å². The summed E-state index contributed by atoms with van der Waals surface area (Å²) in [5.41, 5.74) is 9.14. The van der Waals surface area contributed by atoms with Gasteiger partial charge in [0.15, 0.2) is 0 Å². The molecule has 0 radical (unpaired) electrons. The molecular weight excluding hydrogens is 3060 g/mol. The fraction of sp³-hybridized carbons (Fsp3) is 0.500. The zero-order valence-corrected chi connectivity index (χ0v) is 64.0. The summed E-state index contributed by atoms with van der Waals surface area (Å²) in [6.45, 7) is -0.556. The zero-order valence-electron chi connectivity index (χ0n) is 28.0. The van der Waals surface area contributed by atoms with Crippen LogP contribution in [0.3, 0.4) is 0 Å². The van der Waals surface area contributed by atoms with Gasteiger partial charge >= 0.3 is 31.3 Å². The van der Waals surface area contributed by atoms with Crippen LogP contribution in [0.25, 0.3) is 0 Å². The van der Waals surface area contributed by atoms with Crippen molar-refractivity contribution in [3.8, 4) is 0 Å². The maximum absolute atomic E-state index is 9.24. The van der Waals surface area contributed by atoms with E-state index in [0.717, 1.165) is 0 Å². The second kappa shape index (κ2) is 1550. The SMILES string of the molecule is NCC(=O)O.NCC(=O)O.[As+5].[H+].[O-2].[O-2].[O-2].[O-2].[O-2].[O-2].[O-2].[O-2].[O-2].[O-2].[O-2].[O-2].[O-2].[O-2].[O-2].[O-2].[O-2].[O-2].[O-2].[O-2].[O-2].[O-2].[O-2].[O-2].[O-2].[O-2].[O-2].[O-2].[O-2].[O-2].[O-2].[O-2].[O-2].[O-2].[O-2].[O-2].[O-2].[O-2].[O-2].[O-2].[W].[W].[W].[W].[W].[W].[W].[W].[W].[W].[W].[W]. The summed E-state index contributed by atoms with van der Waals surface area (Å²) in [5, 5.41) is 15.2. The van der Waals surface area contributed by atoms with Crippen LogP contribution in [-0.4, -0.2) is 53.2 Å². The Bertz CT molecular complexity index is 175.